The van der Waals surface area contributed by atoms with Crippen LogP contribution in [0, 0.1) is 0 Å². The van der Waals surface area contributed by atoms with E-state index < -0.39 is 12.1 Å². The van der Waals surface area contributed by atoms with Gasteiger partial charge in [0.1, 0.15) is 0 Å². The number of rotatable bonds is 53. The molecule has 0 saturated carbocycles. The molecule has 0 heterocycles. The molecule has 2 unspecified atom stereocenters. The first kappa shape index (κ1) is 60.9. The highest BCUT2D eigenvalue weighted by atomic mass is 16.3. The van der Waals surface area contributed by atoms with Gasteiger partial charge in [-0.15, -0.1) is 0 Å². The predicted octanol–water partition coefficient (Wildman–Crippen LogP) is 18.7. The lowest BCUT2D eigenvalue weighted by Crippen LogP contribution is -2.45. The molecule has 4 nitrogen and oxygen atoms in total. The molecule has 0 radical (unpaired) electrons. The van der Waals surface area contributed by atoms with Crippen LogP contribution in [0.4, 0.5) is 0 Å². The van der Waals surface area contributed by atoms with E-state index in [9.17, 15) is 15.0 Å². The highest BCUT2D eigenvalue weighted by Crippen LogP contribution is 2.18. The third-order valence-corrected chi connectivity index (χ3v) is 13.5. The minimum Gasteiger partial charge on any atom is -0.394 e. The van der Waals surface area contributed by atoms with Gasteiger partial charge in [-0.05, 0) is 44.9 Å². The van der Waals surface area contributed by atoms with Crippen molar-refractivity contribution < 1.29 is 15.0 Å². The molecule has 0 spiro atoms. The van der Waals surface area contributed by atoms with Gasteiger partial charge in [0.2, 0.25) is 5.91 Å². The van der Waals surface area contributed by atoms with Gasteiger partial charge >= 0.3 is 0 Å². The standard InChI is InChI=1S/C58H113NO3/c1-3-5-7-9-11-13-15-17-18-19-20-21-22-23-24-25-26-27-28-29-30-31-32-33-34-35-36-37-38-39-40-42-44-46-48-50-52-54-58(62)59-56(55-60)57(61)53-51-49-47-45-43-41-16-14-12-10-8-6-4-2/h24-25,27-28,56-57,60-61H,3-23,26,29-55H2,1-2H3,(H,59,62)/b25-24-,28-27-. The first-order valence-electron chi connectivity index (χ1n) is 28.5. The van der Waals surface area contributed by atoms with E-state index in [0.717, 1.165) is 32.1 Å². The topological polar surface area (TPSA) is 69.6 Å². The van der Waals surface area contributed by atoms with Crippen LogP contribution >= 0.6 is 0 Å². The van der Waals surface area contributed by atoms with E-state index in [1.165, 1.54) is 263 Å². The average Bonchev–Trinajstić information content (AvgIpc) is 3.28. The molecule has 0 saturated heterocycles. The molecule has 3 N–H and O–H groups in total. The molecule has 0 aromatic carbocycles. The minimum absolute atomic E-state index is 0.0272. The zero-order valence-electron chi connectivity index (χ0n) is 42.4. The normalized spacial score (nSPS) is 12.9. The second-order valence-electron chi connectivity index (χ2n) is 19.7. The molecule has 0 bridgehead atoms. The van der Waals surface area contributed by atoms with E-state index in [-0.39, 0.29) is 12.5 Å². The van der Waals surface area contributed by atoms with Crippen LogP contribution in [0.5, 0.6) is 0 Å². The van der Waals surface area contributed by atoms with Crippen LogP contribution in [0.15, 0.2) is 24.3 Å². The Morgan fingerprint density at radius 2 is 0.661 bits per heavy atom. The van der Waals surface area contributed by atoms with Crippen molar-refractivity contribution in [2.45, 2.75) is 334 Å². The van der Waals surface area contributed by atoms with Gasteiger partial charge in [0.05, 0.1) is 18.8 Å². The number of hydrogen-bond donors (Lipinski definition) is 3. The highest BCUT2D eigenvalue weighted by molar-refractivity contribution is 5.76. The van der Waals surface area contributed by atoms with Crippen molar-refractivity contribution in [2.24, 2.45) is 0 Å². The Balaban J connectivity index is 3.38. The van der Waals surface area contributed by atoms with E-state index >= 15 is 0 Å². The maximum Gasteiger partial charge on any atom is 0.220 e. The molecule has 0 rings (SSSR count). The van der Waals surface area contributed by atoms with Crippen LogP contribution in [0.3, 0.4) is 0 Å². The number of amides is 1. The third-order valence-electron chi connectivity index (χ3n) is 13.5. The quantitative estimate of drug-likeness (QED) is 0.0421. The summed E-state index contributed by atoms with van der Waals surface area (Å²) in [5, 5.41) is 23.2. The molecule has 4 heteroatoms. The fourth-order valence-electron chi connectivity index (χ4n) is 9.10. The number of carbonyl (C=O) groups excluding carboxylic acids is 1. The molecule has 0 fully saturated rings. The summed E-state index contributed by atoms with van der Waals surface area (Å²) in [5.74, 6) is -0.0272. The maximum absolute atomic E-state index is 12.5. The Hall–Kier alpha value is -1.13. The van der Waals surface area contributed by atoms with Gasteiger partial charge in [0.15, 0.2) is 0 Å². The number of allylic oxidation sites excluding steroid dienone is 4. The largest absolute Gasteiger partial charge is 0.394 e. The van der Waals surface area contributed by atoms with Crippen LogP contribution in [-0.4, -0.2) is 34.9 Å². The first-order valence-corrected chi connectivity index (χ1v) is 28.5. The zero-order valence-corrected chi connectivity index (χ0v) is 42.4. The molecular weight excluding hydrogens is 759 g/mol. The van der Waals surface area contributed by atoms with E-state index in [1.807, 2.05) is 0 Å². The van der Waals surface area contributed by atoms with Gasteiger partial charge in [0.25, 0.3) is 0 Å². The zero-order chi connectivity index (χ0) is 44.9. The molecule has 368 valence electrons. The van der Waals surface area contributed by atoms with Crippen LogP contribution in [0.25, 0.3) is 0 Å². The lowest BCUT2D eigenvalue weighted by atomic mass is 10.0. The van der Waals surface area contributed by atoms with Gasteiger partial charge in [0, 0.05) is 6.42 Å². The summed E-state index contributed by atoms with van der Waals surface area (Å²) in [7, 11) is 0. The molecule has 62 heavy (non-hydrogen) atoms. The molecule has 0 aliphatic rings. The summed E-state index contributed by atoms with van der Waals surface area (Å²) in [6.45, 7) is 4.38. The molecular formula is C58H113NO3. The number of aliphatic hydroxyl groups is 2. The van der Waals surface area contributed by atoms with E-state index in [0.29, 0.717) is 12.8 Å². The maximum atomic E-state index is 12.5. The third kappa shape index (κ3) is 49.9. The molecule has 0 aliphatic heterocycles. The first-order chi connectivity index (χ1) is 30.7. The van der Waals surface area contributed by atoms with Crippen LogP contribution < -0.4 is 5.32 Å². The van der Waals surface area contributed by atoms with Crippen molar-refractivity contribution in [1.82, 2.24) is 5.32 Å². The van der Waals surface area contributed by atoms with E-state index in [4.69, 9.17) is 0 Å². The summed E-state index contributed by atoms with van der Waals surface area (Å²) in [6, 6.07) is -0.533. The Kier molecular flexibility index (Phi) is 53.2. The van der Waals surface area contributed by atoms with Crippen molar-refractivity contribution in [3.8, 4) is 0 Å². The summed E-state index contributed by atoms with van der Waals surface area (Å²) in [5.41, 5.74) is 0. The van der Waals surface area contributed by atoms with Crippen LogP contribution in [0.2, 0.25) is 0 Å². The monoisotopic (exact) mass is 872 g/mol. The van der Waals surface area contributed by atoms with Gasteiger partial charge in [-0.1, -0.05) is 295 Å². The highest BCUT2D eigenvalue weighted by Gasteiger charge is 2.20. The fraction of sp³-hybridized carbons (Fsp3) is 0.914. The summed E-state index contributed by atoms with van der Waals surface area (Å²) in [4.78, 5) is 12.5. The lowest BCUT2D eigenvalue weighted by molar-refractivity contribution is -0.123. The van der Waals surface area contributed by atoms with Crippen molar-refractivity contribution in [2.75, 3.05) is 6.61 Å². The minimum atomic E-state index is -0.656. The Labute approximate surface area is 389 Å². The second kappa shape index (κ2) is 54.2. The Morgan fingerprint density at radius 1 is 0.387 bits per heavy atom. The van der Waals surface area contributed by atoms with Gasteiger partial charge in [-0.25, -0.2) is 0 Å². The van der Waals surface area contributed by atoms with Crippen molar-refractivity contribution in [3.05, 3.63) is 24.3 Å². The number of unbranched alkanes of at least 4 members (excludes halogenated alkanes) is 42. The lowest BCUT2D eigenvalue weighted by Gasteiger charge is -2.22. The van der Waals surface area contributed by atoms with Gasteiger partial charge < -0.3 is 15.5 Å². The molecule has 2 atom stereocenters. The molecule has 0 aromatic heterocycles. The summed E-state index contributed by atoms with van der Waals surface area (Å²) in [6.07, 6.45) is 71.8. The molecule has 0 aromatic rings. The smallest absolute Gasteiger partial charge is 0.220 e. The van der Waals surface area contributed by atoms with Crippen LogP contribution in [-0.2, 0) is 4.79 Å². The van der Waals surface area contributed by atoms with E-state index in [1.54, 1.807) is 0 Å². The van der Waals surface area contributed by atoms with Gasteiger partial charge in [-0.3, -0.25) is 4.79 Å². The fourth-order valence-corrected chi connectivity index (χ4v) is 9.10. The summed E-state index contributed by atoms with van der Waals surface area (Å²) >= 11 is 0. The molecule has 1 amide bonds. The second-order valence-corrected chi connectivity index (χ2v) is 19.7. The Morgan fingerprint density at radius 3 is 0.968 bits per heavy atom. The number of nitrogens with one attached hydrogen (secondary N) is 1. The number of aliphatic hydroxyl groups excluding tert-OH is 2. The average molecular weight is 873 g/mol. The van der Waals surface area contributed by atoms with E-state index in [2.05, 4.69) is 43.5 Å². The van der Waals surface area contributed by atoms with Crippen LogP contribution in [0.1, 0.15) is 322 Å². The number of hydrogen-bond acceptors (Lipinski definition) is 3. The van der Waals surface area contributed by atoms with Crippen molar-refractivity contribution in [3.63, 3.8) is 0 Å². The predicted molar refractivity (Wildman–Crippen MR) is 276 cm³/mol. The molecule has 0 aliphatic carbocycles. The summed E-state index contributed by atoms with van der Waals surface area (Å²) < 4.78 is 0. The van der Waals surface area contributed by atoms with Crippen molar-refractivity contribution >= 4 is 5.91 Å². The SMILES string of the molecule is CCCCCCCCCCCCCCC/C=C\C/C=C\CCCCCCCCCCCCCCCCCCCC(=O)NC(CO)C(O)CCCCCCCCCCCCCCC. The number of carbonyl (C=O) groups is 1. The Bertz CT molecular complexity index is 901. The van der Waals surface area contributed by atoms with Crippen molar-refractivity contribution in [1.29, 1.82) is 0 Å². The van der Waals surface area contributed by atoms with Gasteiger partial charge in [-0.2, -0.15) is 0 Å².